The van der Waals surface area contributed by atoms with Crippen LogP contribution in [0.4, 0.5) is 13.2 Å². The van der Waals surface area contributed by atoms with Crippen molar-refractivity contribution in [3.05, 3.63) is 33.8 Å². The van der Waals surface area contributed by atoms with Gasteiger partial charge in [-0.2, -0.15) is 13.2 Å². The van der Waals surface area contributed by atoms with Gasteiger partial charge >= 0.3 is 6.18 Å². The molecule has 0 radical (unpaired) electrons. The summed E-state index contributed by atoms with van der Waals surface area (Å²) in [4.78, 5) is 11.8. The standard InChI is InChI=1S/C12H13BrF3NO2/c1-2-8(6-18)17-11(19)9-4-3-7(13)5-10(9)12(14,15)16/h3-5,8,18H,2,6H2,1H3,(H,17,19). The molecule has 0 aliphatic rings. The second-order valence-electron chi connectivity index (χ2n) is 3.95. The first kappa shape index (κ1) is 16.0. The van der Waals surface area contributed by atoms with Crippen molar-refractivity contribution >= 4 is 21.8 Å². The maximum Gasteiger partial charge on any atom is 0.417 e. The number of halogens is 4. The van der Waals surface area contributed by atoms with Gasteiger partial charge in [0.1, 0.15) is 0 Å². The fourth-order valence-corrected chi connectivity index (χ4v) is 1.85. The normalized spacial score (nSPS) is 13.2. The van der Waals surface area contributed by atoms with Crippen molar-refractivity contribution in [2.75, 3.05) is 6.61 Å². The summed E-state index contributed by atoms with van der Waals surface area (Å²) in [6.45, 7) is 1.40. The molecule has 0 aliphatic heterocycles. The summed E-state index contributed by atoms with van der Waals surface area (Å²) in [6.07, 6.45) is -4.18. The zero-order chi connectivity index (χ0) is 14.6. The van der Waals surface area contributed by atoms with Crippen LogP contribution in [0.25, 0.3) is 0 Å². The fraction of sp³-hybridized carbons (Fsp3) is 0.417. The first-order valence-corrected chi connectivity index (χ1v) is 6.37. The number of carbonyl (C=O) groups excluding carboxylic acids is 1. The molecule has 1 rings (SSSR count). The molecule has 0 heterocycles. The Bertz CT molecular complexity index is 459. The second kappa shape index (κ2) is 6.38. The van der Waals surface area contributed by atoms with E-state index in [2.05, 4.69) is 21.2 Å². The summed E-state index contributed by atoms with van der Waals surface area (Å²) in [5.41, 5.74) is -1.46. The summed E-state index contributed by atoms with van der Waals surface area (Å²) in [7, 11) is 0. The minimum absolute atomic E-state index is 0.241. The van der Waals surface area contributed by atoms with E-state index < -0.39 is 29.3 Å². The molecule has 1 unspecified atom stereocenters. The largest absolute Gasteiger partial charge is 0.417 e. The van der Waals surface area contributed by atoms with E-state index in [0.29, 0.717) is 6.42 Å². The van der Waals surface area contributed by atoms with Crippen LogP contribution in [-0.4, -0.2) is 23.7 Å². The monoisotopic (exact) mass is 339 g/mol. The van der Waals surface area contributed by atoms with Crippen LogP contribution in [0.1, 0.15) is 29.3 Å². The van der Waals surface area contributed by atoms with Gasteiger partial charge in [-0.15, -0.1) is 0 Å². The molecule has 1 aromatic rings. The van der Waals surface area contributed by atoms with E-state index in [-0.39, 0.29) is 11.1 Å². The molecule has 0 saturated carbocycles. The maximum atomic E-state index is 12.8. The van der Waals surface area contributed by atoms with E-state index >= 15 is 0 Å². The van der Waals surface area contributed by atoms with E-state index in [4.69, 9.17) is 5.11 Å². The zero-order valence-electron chi connectivity index (χ0n) is 10.1. The van der Waals surface area contributed by atoms with Crippen molar-refractivity contribution in [1.29, 1.82) is 0 Å². The Labute approximate surface area is 116 Å². The highest BCUT2D eigenvalue weighted by atomic mass is 79.9. The Hall–Kier alpha value is -1.08. The van der Waals surface area contributed by atoms with E-state index in [1.807, 2.05) is 0 Å². The Morgan fingerprint density at radius 1 is 1.47 bits per heavy atom. The lowest BCUT2D eigenvalue weighted by atomic mass is 10.1. The lowest BCUT2D eigenvalue weighted by Gasteiger charge is -2.17. The molecular weight excluding hydrogens is 327 g/mol. The molecule has 1 aromatic carbocycles. The van der Waals surface area contributed by atoms with Crippen LogP contribution in [0.2, 0.25) is 0 Å². The number of rotatable bonds is 4. The Morgan fingerprint density at radius 2 is 2.11 bits per heavy atom. The second-order valence-corrected chi connectivity index (χ2v) is 4.86. The molecule has 0 aromatic heterocycles. The molecule has 0 bridgehead atoms. The molecule has 0 aliphatic carbocycles. The van der Waals surface area contributed by atoms with Gasteiger partial charge in [-0.1, -0.05) is 22.9 Å². The van der Waals surface area contributed by atoms with E-state index in [1.165, 1.54) is 6.07 Å². The third kappa shape index (κ3) is 4.21. The van der Waals surface area contributed by atoms with Crippen molar-refractivity contribution in [3.63, 3.8) is 0 Å². The van der Waals surface area contributed by atoms with Gasteiger partial charge in [0.05, 0.1) is 23.8 Å². The molecule has 19 heavy (non-hydrogen) atoms. The summed E-state index contributed by atoms with van der Waals surface area (Å²) >= 11 is 2.94. The fourth-order valence-electron chi connectivity index (χ4n) is 1.49. The lowest BCUT2D eigenvalue weighted by molar-refractivity contribution is -0.138. The van der Waals surface area contributed by atoms with Crippen LogP contribution < -0.4 is 5.32 Å². The number of aliphatic hydroxyl groups is 1. The third-order valence-electron chi connectivity index (χ3n) is 2.58. The van der Waals surface area contributed by atoms with Crippen molar-refractivity contribution < 1.29 is 23.1 Å². The molecule has 2 N–H and O–H groups in total. The maximum absolute atomic E-state index is 12.8. The highest BCUT2D eigenvalue weighted by molar-refractivity contribution is 9.10. The summed E-state index contributed by atoms with van der Waals surface area (Å²) in [5.74, 6) is -0.847. The molecule has 0 saturated heterocycles. The number of aliphatic hydroxyl groups excluding tert-OH is 1. The van der Waals surface area contributed by atoms with E-state index in [9.17, 15) is 18.0 Å². The van der Waals surface area contributed by atoms with Gasteiger partial charge in [-0.05, 0) is 24.6 Å². The summed E-state index contributed by atoms with van der Waals surface area (Å²) < 4.78 is 38.8. The first-order valence-electron chi connectivity index (χ1n) is 5.58. The minimum atomic E-state index is -4.61. The van der Waals surface area contributed by atoms with Crippen molar-refractivity contribution in [2.24, 2.45) is 0 Å². The van der Waals surface area contributed by atoms with Gasteiger partial charge in [0.2, 0.25) is 0 Å². The van der Waals surface area contributed by atoms with Crippen LogP contribution in [-0.2, 0) is 6.18 Å². The van der Waals surface area contributed by atoms with Crippen molar-refractivity contribution in [3.8, 4) is 0 Å². The molecule has 0 spiro atoms. The molecule has 106 valence electrons. The van der Waals surface area contributed by atoms with Crippen LogP contribution in [0.5, 0.6) is 0 Å². The highest BCUT2D eigenvalue weighted by Crippen LogP contribution is 2.33. The smallest absolute Gasteiger partial charge is 0.394 e. The molecule has 7 heteroatoms. The van der Waals surface area contributed by atoms with Crippen LogP contribution in [0, 0.1) is 0 Å². The quantitative estimate of drug-likeness (QED) is 0.885. The topological polar surface area (TPSA) is 49.3 Å². The lowest BCUT2D eigenvalue weighted by Crippen LogP contribution is -2.37. The number of hydrogen-bond donors (Lipinski definition) is 2. The van der Waals surface area contributed by atoms with E-state index in [0.717, 1.165) is 12.1 Å². The van der Waals surface area contributed by atoms with Gasteiger partial charge in [-0.25, -0.2) is 0 Å². The Morgan fingerprint density at radius 3 is 2.58 bits per heavy atom. The molecule has 3 nitrogen and oxygen atoms in total. The average Bonchev–Trinajstić information content (AvgIpc) is 2.34. The van der Waals surface area contributed by atoms with Crippen molar-refractivity contribution in [2.45, 2.75) is 25.6 Å². The molecule has 1 amide bonds. The van der Waals surface area contributed by atoms with Crippen LogP contribution in [0.3, 0.4) is 0 Å². The Kier molecular flexibility index (Phi) is 5.37. The average molecular weight is 340 g/mol. The molecule has 0 fully saturated rings. The summed E-state index contributed by atoms with van der Waals surface area (Å²) in [5, 5.41) is 11.3. The number of amides is 1. The van der Waals surface area contributed by atoms with Crippen LogP contribution in [0.15, 0.2) is 22.7 Å². The van der Waals surface area contributed by atoms with Gasteiger partial charge in [-0.3, -0.25) is 4.79 Å². The Balaban J connectivity index is 3.09. The first-order chi connectivity index (χ1) is 8.79. The van der Waals surface area contributed by atoms with Crippen LogP contribution >= 0.6 is 15.9 Å². The highest BCUT2D eigenvalue weighted by Gasteiger charge is 2.35. The number of carbonyl (C=O) groups is 1. The summed E-state index contributed by atoms with van der Waals surface area (Å²) in [6, 6.07) is 2.77. The third-order valence-corrected chi connectivity index (χ3v) is 3.07. The molecule has 1 atom stereocenters. The van der Waals surface area contributed by atoms with Gasteiger partial charge in [0, 0.05) is 4.47 Å². The number of hydrogen-bond acceptors (Lipinski definition) is 2. The number of alkyl halides is 3. The van der Waals surface area contributed by atoms with Gasteiger partial charge in [0.25, 0.3) is 5.91 Å². The van der Waals surface area contributed by atoms with Gasteiger partial charge in [0.15, 0.2) is 0 Å². The van der Waals surface area contributed by atoms with E-state index in [1.54, 1.807) is 6.92 Å². The van der Waals surface area contributed by atoms with Gasteiger partial charge < -0.3 is 10.4 Å². The van der Waals surface area contributed by atoms with Crippen molar-refractivity contribution in [1.82, 2.24) is 5.32 Å². The minimum Gasteiger partial charge on any atom is -0.394 e. The SMILES string of the molecule is CCC(CO)NC(=O)c1ccc(Br)cc1C(F)(F)F. The number of nitrogens with one attached hydrogen (secondary N) is 1. The predicted octanol–water partition coefficient (Wildman–Crippen LogP) is 2.97. The molecular formula is C12H13BrF3NO2. The zero-order valence-corrected chi connectivity index (χ0v) is 11.7. The number of benzene rings is 1. The predicted molar refractivity (Wildman–Crippen MR) is 67.8 cm³/mol.